The molecule has 0 saturated carbocycles. The van der Waals surface area contributed by atoms with Crippen molar-refractivity contribution in [2.24, 2.45) is 0 Å². The fourth-order valence-electron chi connectivity index (χ4n) is 4.75. The van der Waals surface area contributed by atoms with Crippen molar-refractivity contribution in [1.82, 2.24) is 14.5 Å². The van der Waals surface area contributed by atoms with Crippen LogP contribution in [0.25, 0.3) is 44.1 Å². The van der Waals surface area contributed by atoms with Crippen LogP contribution in [0.1, 0.15) is 12.0 Å². The molecule has 0 spiro atoms. The molecule has 6 heteroatoms. The molecule has 0 atom stereocenters. The van der Waals surface area contributed by atoms with Crippen LogP contribution in [0.5, 0.6) is 11.8 Å². The Morgan fingerprint density at radius 2 is 1.79 bits per heavy atom. The van der Waals surface area contributed by atoms with Crippen molar-refractivity contribution in [2.75, 3.05) is 0 Å². The van der Waals surface area contributed by atoms with E-state index in [-0.39, 0.29) is 11.8 Å². The summed E-state index contributed by atoms with van der Waals surface area (Å²) >= 11 is 3.53. The zero-order valence-electron chi connectivity index (χ0n) is 15.5. The van der Waals surface area contributed by atoms with E-state index in [1.54, 1.807) is 0 Å². The van der Waals surface area contributed by atoms with E-state index in [0.717, 1.165) is 51.3 Å². The average Bonchev–Trinajstić information content (AvgIpc) is 3.36. The SMILES string of the molecule is Oc1[nH]c(O)c(-c2cn3c4c(cccc24)CCC3)c1-c1c[nH]c2ccc(Br)cc12. The number of benzene rings is 2. The minimum atomic E-state index is -0.0368. The lowest BCUT2D eigenvalue weighted by Gasteiger charge is -2.14. The topological polar surface area (TPSA) is 77.0 Å². The normalized spacial score (nSPS) is 13.6. The smallest absolute Gasteiger partial charge is 0.200 e. The van der Waals surface area contributed by atoms with Crippen molar-refractivity contribution < 1.29 is 10.2 Å². The van der Waals surface area contributed by atoms with Gasteiger partial charge in [-0.3, -0.25) is 4.98 Å². The fraction of sp³-hybridized carbons (Fsp3) is 0.130. The van der Waals surface area contributed by atoms with Gasteiger partial charge in [0.2, 0.25) is 0 Å². The molecule has 0 fully saturated rings. The summed E-state index contributed by atoms with van der Waals surface area (Å²) in [7, 11) is 0. The quantitative estimate of drug-likeness (QED) is 0.271. The van der Waals surface area contributed by atoms with Gasteiger partial charge in [0, 0.05) is 50.8 Å². The maximum atomic E-state index is 10.8. The first-order chi connectivity index (χ1) is 14.1. The van der Waals surface area contributed by atoms with E-state index in [2.05, 4.69) is 54.9 Å². The van der Waals surface area contributed by atoms with Gasteiger partial charge in [0.05, 0.1) is 16.6 Å². The zero-order valence-corrected chi connectivity index (χ0v) is 17.0. The number of aromatic hydroxyl groups is 2. The number of halogens is 1. The van der Waals surface area contributed by atoms with Crippen molar-refractivity contribution in [1.29, 1.82) is 0 Å². The molecule has 2 aromatic carbocycles. The van der Waals surface area contributed by atoms with Crippen molar-refractivity contribution in [3.05, 3.63) is 58.8 Å². The standard InChI is InChI=1S/C23H18BrN3O2/c24-13-6-7-18-15(9-13)16(10-25-18)19-20(23(29)26-22(19)28)17-11-27-8-2-4-12-3-1-5-14(17)21(12)27/h1,3,5-7,9-11,25-26,28-29H,2,4,8H2. The largest absolute Gasteiger partial charge is 0.494 e. The monoisotopic (exact) mass is 447 g/mol. The molecule has 6 rings (SSSR count). The lowest BCUT2D eigenvalue weighted by Crippen LogP contribution is -2.05. The third kappa shape index (κ3) is 2.32. The Bertz CT molecular complexity index is 1420. The summed E-state index contributed by atoms with van der Waals surface area (Å²) in [6.07, 6.45) is 6.15. The molecule has 144 valence electrons. The van der Waals surface area contributed by atoms with Crippen molar-refractivity contribution in [2.45, 2.75) is 19.4 Å². The fourth-order valence-corrected chi connectivity index (χ4v) is 5.11. The summed E-state index contributed by atoms with van der Waals surface area (Å²) in [4.78, 5) is 6.01. The number of nitrogens with one attached hydrogen (secondary N) is 2. The number of fused-ring (bicyclic) bond motifs is 1. The van der Waals surface area contributed by atoms with Gasteiger partial charge in [0.1, 0.15) is 0 Å². The second kappa shape index (κ2) is 5.94. The van der Waals surface area contributed by atoms with E-state index in [1.807, 2.05) is 24.4 Å². The summed E-state index contributed by atoms with van der Waals surface area (Å²) < 4.78 is 3.22. The van der Waals surface area contributed by atoms with Crippen LogP contribution < -0.4 is 0 Å². The minimum absolute atomic E-state index is 0.0226. The third-order valence-electron chi connectivity index (χ3n) is 5.97. The van der Waals surface area contributed by atoms with Gasteiger partial charge in [-0.05, 0) is 36.6 Å². The zero-order chi connectivity index (χ0) is 19.7. The second-order valence-electron chi connectivity index (χ2n) is 7.62. The van der Waals surface area contributed by atoms with Gasteiger partial charge in [-0.25, -0.2) is 0 Å². The molecule has 0 radical (unpaired) electrons. The molecule has 5 nitrogen and oxygen atoms in total. The van der Waals surface area contributed by atoms with Gasteiger partial charge in [0.25, 0.3) is 0 Å². The number of rotatable bonds is 2. The van der Waals surface area contributed by atoms with Crippen molar-refractivity contribution in [3.8, 4) is 34.0 Å². The van der Waals surface area contributed by atoms with Gasteiger partial charge in [-0.15, -0.1) is 0 Å². The van der Waals surface area contributed by atoms with Crippen LogP contribution in [-0.2, 0) is 13.0 Å². The van der Waals surface area contributed by atoms with Gasteiger partial charge < -0.3 is 19.8 Å². The molecule has 5 aromatic rings. The van der Waals surface area contributed by atoms with Gasteiger partial charge in [0.15, 0.2) is 11.8 Å². The predicted molar refractivity (Wildman–Crippen MR) is 118 cm³/mol. The highest BCUT2D eigenvalue weighted by Gasteiger charge is 2.26. The molecule has 0 unspecified atom stereocenters. The van der Waals surface area contributed by atoms with Gasteiger partial charge >= 0.3 is 0 Å². The molecule has 3 aromatic heterocycles. The Morgan fingerprint density at radius 1 is 0.966 bits per heavy atom. The van der Waals surface area contributed by atoms with Crippen molar-refractivity contribution >= 4 is 37.7 Å². The molecule has 0 aliphatic carbocycles. The highest BCUT2D eigenvalue weighted by molar-refractivity contribution is 9.10. The van der Waals surface area contributed by atoms with Gasteiger partial charge in [-0.1, -0.05) is 34.1 Å². The molecule has 1 aliphatic heterocycles. The lowest BCUT2D eigenvalue weighted by molar-refractivity contribution is 0.426. The van der Waals surface area contributed by atoms with Crippen LogP contribution in [0.4, 0.5) is 0 Å². The van der Waals surface area contributed by atoms with Crippen LogP contribution in [0.15, 0.2) is 53.3 Å². The molecule has 0 bridgehead atoms. The number of aromatic nitrogens is 3. The van der Waals surface area contributed by atoms with E-state index in [4.69, 9.17) is 0 Å². The molecular weight excluding hydrogens is 430 g/mol. The van der Waals surface area contributed by atoms with E-state index in [1.165, 1.54) is 11.1 Å². The molecule has 4 heterocycles. The number of nitrogens with zero attached hydrogens (tertiary/aromatic N) is 1. The van der Waals surface area contributed by atoms with E-state index in [9.17, 15) is 10.2 Å². The van der Waals surface area contributed by atoms with E-state index >= 15 is 0 Å². The maximum absolute atomic E-state index is 10.8. The number of para-hydroxylation sites is 1. The van der Waals surface area contributed by atoms with Crippen LogP contribution in [-0.4, -0.2) is 24.7 Å². The number of aryl methyl sites for hydroxylation is 2. The van der Waals surface area contributed by atoms with Gasteiger partial charge in [-0.2, -0.15) is 0 Å². The molecule has 0 amide bonds. The minimum Gasteiger partial charge on any atom is -0.494 e. The highest BCUT2D eigenvalue weighted by atomic mass is 79.9. The summed E-state index contributed by atoms with van der Waals surface area (Å²) in [6, 6.07) is 12.3. The third-order valence-corrected chi connectivity index (χ3v) is 6.46. The van der Waals surface area contributed by atoms with E-state index < -0.39 is 0 Å². The van der Waals surface area contributed by atoms with Crippen molar-refractivity contribution in [3.63, 3.8) is 0 Å². The van der Waals surface area contributed by atoms with Crippen LogP contribution in [0, 0.1) is 0 Å². The Balaban J connectivity index is 1.69. The number of H-pyrrole nitrogens is 2. The highest BCUT2D eigenvalue weighted by Crippen LogP contribution is 2.49. The number of hydrogen-bond acceptors (Lipinski definition) is 2. The average molecular weight is 448 g/mol. The first-order valence-electron chi connectivity index (χ1n) is 9.64. The van der Waals surface area contributed by atoms with Crippen LogP contribution in [0.3, 0.4) is 0 Å². The molecule has 4 N–H and O–H groups in total. The Kier molecular flexibility index (Phi) is 3.44. The predicted octanol–water partition coefficient (Wildman–Crippen LogP) is 5.90. The number of hydrogen-bond donors (Lipinski definition) is 4. The van der Waals surface area contributed by atoms with E-state index in [0.29, 0.717) is 11.1 Å². The summed E-state index contributed by atoms with van der Waals surface area (Å²) in [5, 5.41) is 23.6. The summed E-state index contributed by atoms with van der Waals surface area (Å²) in [5.74, 6) is -0.0594. The summed E-state index contributed by atoms with van der Waals surface area (Å²) in [6.45, 7) is 0.958. The maximum Gasteiger partial charge on any atom is 0.200 e. The first kappa shape index (κ1) is 16.8. The Hall–Kier alpha value is -3.12. The Labute approximate surface area is 174 Å². The van der Waals surface area contributed by atoms with Crippen LogP contribution >= 0.6 is 15.9 Å². The second-order valence-corrected chi connectivity index (χ2v) is 8.53. The molecule has 29 heavy (non-hydrogen) atoms. The molecule has 1 aliphatic rings. The first-order valence-corrected chi connectivity index (χ1v) is 10.4. The number of aromatic amines is 2. The lowest BCUT2D eigenvalue weighted by atomic mass is 9.96. The molecule has 0 saturated heterocycles. The summed E-state index contributed by atoms with van der Waals surface area (Å²) in [5.41, 5.74) is 6.53. The molecular formula is C23H18BrN3O2. The van der Waals surface area contributed by atoms with Crippen LogP contribution in [0.2, 0.25) is 0 Å². The Morgan fingerprint density at radius 3 is 2.66 bits per heavy atom.